The molecule has 0 aliphatic heterocycles. The van der Waals surface area contributed by atoms with Crippen LogP contribution in [0.25, 0.3) is 0 Å². The van der Waals surface area contributed by atoms with Crippen molar-refractivity contribution < 1.29 is 0 Å². The van der Waals surface area contributed by atoms with E-state index in [-0.39, 0.29) is 0 Å². The molecule has 54 valence electrons. The molecule has 0 heterocycles. The molecule has 0 fully saturated rings. The van der Waals surface area contributed by atoms with Crippen LogP contribution in [0.15, 0.2) is 41.5 Å². The van der Waals surface area contributed by atoms with E-state index in [4.69, 9.17) is 6.58 Å². The second-order valence-corrected chi connectivity index (χ2v) is 2.39. The van der Waals surface area contributed by atoms with Gasteiger partial charge in [-0.1, -0.05) is 18.2 Å². The van der Waals surface area contributed by atoms with E-state index in [1.54, 1.807) is 0 Å². The SMILES string of the molecule is [CH]=CN=C([SH+])c1ccccc1. The molecule has 2 heteroatoms. The van der Waals surface area contributed by atoms with Gasteiger partial charge >= 0.3 is 5.04 Å². The van der Waals surface area contributed by atoms with Gasteiger partial charge in [-0.3, -0.25) is 0 Å². The van der Waals surface area contributed by atoms with Gasteiger partial charge in [0.15, 0.2) is 0 Å². The van der Waals surface area contributed by atoms with Crippen molar-refractivity contribution in [1.82, 2.24) is 0 Å². The average molecular weight is 162 g/mol. The van der Waals surface area contributed by atoms with E-state index < -0.39 is 0 Å². The van der Waals surface area contributed by atoms with Crippen molar-refractivity contribution in [3.8, 4) is 0 Å². The van der Waals surface area contributed by atoms with Crippen molar-refractivity contribution in [3.63, 3.8) is 0 Å². The average Bonchev–Trinajstić information content (AvgIpc) is 2.07. The molecule has 0 aromatic heterocycles. The molecule has 0 saturated heterocycles. The number of nitrogens with zero attached hydrogens (tertiary/aromatic N) is 1. The zero-order valence-corrected chi connectivity index (χ0v) is 6.83. The molecule has 11 heavy (non-hydrogen) atoms. The number of hydrogen-bond donors (Lipinski definition) is 0. The van der Waals surface area contributed by atoms with Crippen LogP contribution in [0.4, 0.5) is 0 Å². The van der Waals surface area contributed by atoms with E-state index in [0.717, 1.165) is 5.56 Å². The van der Waals surface area contributed by atoms with Gasteiger partial charge in [0.2, 0.25) is 12.6 Å². The molecule has 0 saturated carbocycles. The standard InChI is InChI=1S/C9H8NS/c1-2-10-9(11)8-6-4-3-5-7-8/h1-7,11H/q+1. The van der Waals surface area contributed by atoms with Crippen LogP contribution < -0.4 is 0 Å². The van der Waals surface area contributed by atoms with E-state index in [0.29, 0.717) is 5.04 Å². The minimum atomic E-state index is 0.633. The summed E-state index contributed by atoms with van der Waals surface area (Å²) in [5.41, 5.74) is 0.970. The van der Waals surface area contributed by atoms with E-state index in [9.17, 15) is 0 Å². The number of aliphatic imine (C=N–C) groups is 1. The predicted octanol–water partition coefficient (Wildman–Crippen LogP) is 1.66. The van der Waals surface area contributed by atoms with E-state index in [1.807, 2.05) is 30.3 Å². The minimum Gasteiger partial charge on any atom is -0.206 e. The van der Waals surface area contributed by atoms with Gasteiger partial charge in [0.05, 0.1) is 5.56 Å². The summed E-state index contributed by atoms with van der Waals surface area (Å²) in [5, 5.41) is 0.633. The molecule has 0 aliphatic rings. The summed E-state index contributed by atoms with van der Waals surface area (Å²) in [5.74, 6) is 0. The monoisotopic (exact) mass is 162 g/mol. The summed E-state index contributed by atoms with van der Waals surface area (Å²) >= 11 is 4.14. The van der Waals surface area contributed by atoms with Crippen LogP contribution in [0, 0.1) is 6.58 Å². The highest BCUT2D eigenvalue weighted by atomic mass is 32.1. The molecule has 0 atom stereocenters. The Morgan fingerprint density at radius 3 is 2.55 bits per heavy atom. The van der Waals surface area contributed by atoms with Crippen LogP contribution in [0.3, 0.4) is 0 Å². The van der Waals surface area contributed by atoms with Gasteiger partial charge in [0.1, 0.15) is 0 Å². The third kappa shape index (κ3) is 2.24. The fourth-order valence-corrected chi connectivity index (χ4v) is 0.948. The Morgan fingerprint density at radius 2 is 2.00 bits per heavy atom. The topological polar surface area (TPSA) is 12.4 Å². The predicted molar refractivity (Wildman–Crippen MR) is 50.6 cm³/mol. The van der Waals surface area contributed by atoms with Gasteiger partial charge in [-0.2, -0.15) is 0 Å². The molecule has 0 bridgehead atoms. The fraction of sp³-hybridized carbons (Fsp3) is 0. The molecule has 1 nitrogen and oxygen atoms in total. The highest BCUT2D eigenvalue weighted by Gasteiger charge is 2.04. The first-order valence-electron chi connectivity index (χ1n) is 3.20. The smallest absolute Gasteiger partial charge is 0.206 e. The minimum absolute atomic E-state index is 0.633. The van der Waals surface area contributed by atoms with Gasteiger partial charge in [-0.15, -0.1) is 0 Å². The van der Waals surface area contributed by atoms with Crippen LogP contribution >= 0.6 is 0 Å². The molecule has 0 unspecified atom stereocenters. The Labute approximate surface area is 71.9 Å². The third-order valence-corrected chi connectivity index (χ3v) is 1.60. The first-order chi connectivity index (χ1) is 5.34. The Balaban J connectivity index is 2.94. The first-order valence-corrected chi connectivity index (χ1v) is 3.65. The zero-order chi connectivity index (χ0) is 8.10. The molecular formula is C9H8NS+. The van der Waals surface area contributed by atoms with Crippen LogP contribution in [0.2, 0.25) is 0 Å². The second kappa shape index (κ2) is 3.98. The summed E-state index contributed by atoms with van der Waals surface area (Å²) in [7, 11) is 0. The number of thiol groups is 1. The molecule has 0 spiro atoms. The number of benzene rings is 1. The lowest BCUT2D eigenvalue weighted by atomic mass is 10.2. The largest absolute Gasteiger partial charge is 0.303 e. The molecule has 0 N–H and O–H groups in total. The van der Waals surface area contributed by atoms with Gasteiger partial charge in [0.25, 0.3) is 0 Å². The summed E-state index contributed by atoms with van der Waals surface area (Å²) in [6, 6.07) is 9.65. The van der Waals surface area contributed by atoms with E-state index >= 15 is 0 Å². The third-order valence-electron chi connectivity index (χ3n) is 1.23. The molecule has 0 amide bonds. The molecule has 1 rings (SSSR count). The van der Waals surface area contributed by atoms with Crippen LogP contribution in [-0.4, -0.2) is 5.04 Å². The Morgan fingerprint density at radius 1 is 1.36 bits per heavy atom. The van der Waals surface area contributed by atoms with Gasteiger partial charge in [-0.05, 0) is 18.7 Å². The molecule has 1 aromatic rings. The normalized spacial score (nSPS) is 11.2. The fourth-order valence-electron chi connectivity index (χ4n) is 0.732. The lowest BCUT2D eigenvalue weighted by Gasteiger charge is -1.87. The molecule has 2 radical (unpaired) electrons. The van der Waals surface area contributed by atoms with Crippen molar-refractivity contribution in [3.05, 3.63) is 48.7 Å². The van der Waals surface area contributed by atoms with Crippen molar-refractivity contribution in [2.24, 2.45) is 4.99 Å². The molecule has 1 aromatic carbocycles. The van der Waals surface area contributed by atoms with Gasteiger partial charge in [0, 0.05) is 6.20 Å². The van der Waals surface area contributed by atoms with Crippen molar-refractivity contribution in [2.45, 2.75) is 0 Å². The Hall–Kier alpha value is -1.02. The Bertz CT molecular complexity index is 264. The zero-order valence-electron chi connectivity index (χ0n) is 5.94. The van der Waals surface area contributed by atoms with Crippen molar-refractivity contribution in [1.29, 1.82) is 0 Å². The first kappa shape index (κ1) is 8.08. The van der Waals surface area contributed by atoms with Crippen LogP contribution in [-0.2, 0) is 12.6 Å². The molecular weight excluding hydrogens is 154 g/mol. The quantitative estimate of drug-likeness (QED) is 0.271. The summed E-state index contributed by atoms with van der Waals surface area (Å²) in [4.78, 5) is 3.83. The van der Waals surface area contributed by atoms with Gasteiger partial charge < -0.3 is 0 Å². The maximum absolute atomic E-state index is 5.11. The van der Waals surface area contributed by atoms with Crippen molar-refractivity contribution in [2.75, 3.05) is 0 Å². The summed E-state index contributed by atoms with van der Waals surface area (Å²) < 4.78 is 0. The molecule has 0 aliphatic carbocycles. The number of rotatable bonds is 2. The highest BCUT2D eigenvalue weighted by Crippen LogP contribution is 1.99. The van der Waals surface area contributed by atoms with Crippen LogP contribution in [0.5, 0.6) is 0 Å². The number of hydrogen-bond acceptors (Lipinski definition) is 1. The van der Waals surface area contributed by atoms with Crippen LogP contribution in [0.1, 0.15) is 5.56 Å². The van der Waals surface area contributed by atoms with Gasteiger partial charge in [-0.25, -0.2) is 4.99 Å². The lowest BCUT2D eigenvalue weighted by Crippen LogP contribution is -1.92. The highest BCUT2D eigenvalue weighted by molar-refractivity contribution is 7.78. The second-order valence-electron chi connectivity index (χ2n) is 1.97. The van der Waals surface area contributed by atoms with E-state index in [2.05, 4.69) is 17.6 Å². The maximum atomic E-state index is 5.11. The summed E-state index contributed by atoms with van der Waals surface area (Å²) in [6.45, 7) is 5.11. The maximum Gasteiger partial charge on any atom is 0.303 e. The summed E-state index contributed by atoms with van der Waals surface area (Å²) in [6.07, 6.45) is 1.23. The van der Waals surface area contributed by atoms with E-state index in [1.165, 1.54) is 6.20 Å². The lowest BCUT2D eigenvalue weighted by molar-refractivity contribution is 1.57. The Kier molecular flexibility index (Phi) is 2.93. The van der Waals surface area contributed by atoms with Crippen molar-refractivity contribution >= 4 is 17.7 Å².